The Hall–Kier alpha value is -2.02. The molecule has 1 aliphatic heterocycles. The van der Waals surface area contributed by atoms with Crippen LogP contribution in [0.25, 0.3) is 11.6 Å². The van der Waals surface area contributed by atoms with Crippen LogP contribution in [0.3, 0.4) is 0 Å². The van der Waals surface area contributed by atoms with E-state index in [1.165, 1.54) is 28.0 Å². The van der Waals surface area contributed by atoms with Gasteiger partial charge in [0.2, 0.25) is 0 Å². The summed E-state index contributed by atoms with van der Waals surface area (Å²) in [5, 5.41) is 0. The SMILES string of the molecule is C/C(=C\c1ccccc1)c1ccc2c(c1)C(C)(C)C[CH]N2C. The zero-order valence-electron chi connectivity index (χ0n) is 13.9. The van der Waals surface area contributed by atoms with Crippen LogP contribution in [-0.2, 0) is 5.41 Å². The van der Waals surface area contributed by atoms with E-state index in [1.807, 2.05) is 0 Å². The fourth-order valence-corrected chi connectivity index (χ4v) is 3.09. The van der Waals surface area contributed by atoms with Crippen molar-refractivity contribution in [1.29, 1.82) is 0 Å². The summed E-state index contributed by atoms with van der Waals surface area (Å²) in [5.74, 6) is 0. The maximum absolute atomic E-state index is 2.37. The first kappa shape index (κ1) is 14.9. The summed E-state index contributed by atoms with van der Waals surface area (Å²) < 4.78 is 0. The van der Waals surface area contributed by atoms with E-state index in [2.05, 4.69) is 93.9 Å². The van der Waals surface area contributed by atoms with Gasteiger partial charge in [0.25, 0.3) is 0 Å². The Labute approximate surface area is 134 Å². The van der Waals surface area contributed by atoms with Crippen molar-refractivity contribution in [2.24, 2.45) is 0 Å². The highest BCUT2D eigenvalue weighted by atomic mass is 15.1. The third kappa shape index (κ3) is 2.81. The van der Waals surface area contributed by atoms with E-state index in [0.29, 0.717) is 0 Å². The van der Waals surface area contributed by atoms with Crippen molar-refractivity contribution in [2.45, 2.75) is 32.6 Å². The van der Waals surface area contributed by atoms with Crippen LogP contribution in [-0.4, -0.2) is 7.05 Å². The molecular weight excluding hydrogens is 266 g/mol. The fraction of sp³-hybridized carbons (Fsp3) is 0.286. The predicted molar refractivity (Wildman–Crippen MR) is 96.8 cm³/mol. The summed E-state index contributed by atoms with van der Waals surface area (Å²) in [5.41, 5.74) is 6.84. The molecule has 0 atom stereocenters. The highest BCUT2D eigenvalue weighted by Gasteiger charge is 2.30. The molecule has 0 aromatic heterocycles. The third-order valence-corrected chi connectivity index (χ3v) is 4.62. The van der Waals surface area contributed by atoms with Gasteiger partial charge in [0, 0.05) is 19.3 Å². The molecule has 1 radical (unpaired) electrons. The Morgan fingerprint density at radius 2 is 1.82 bits per heavy atom. The summed E-state index contributed by atoms with van der Waals surface area (Å²) in [4.78, 5) is 2.25. The summed E-state index contributed by atoms with van der Waals surface area (Å²) >= 11 is 0. The van der Waals surface area contributed by atoms with Crippen LogP contribution in [0.1, 0.15) is 43.9 Å². The van der Waals surface area contributed by atoms with Crippen LogP contribution >= 0.6 is 0 Å². The number of hydrogen-bond donors (Lipinski definition) is 0. The van der Waals surface area contributed by atoms with Crippen molar-refractivity contribution in [2.75, 3.05) is 11.9 Å². The van der Waals surface area contributed by atoms with Gasteiger partial charge in [-0.25, -0.2) is 0 Å². The molecule has 113 valence electrons. The van der Waals surface area contributed by atoms with E-state index >= 15 is 0 Å². The molecule has 22 heavy (non-hydrogen) atoms. The van der Waals surface area contributed by atoms with Crippen molar-refractivity contribution in [3.8, 4) is 0 Å². The quantitative estimate of drug-likeness (QED) is 0.658. The maximum Gasteiger partial charge on any atom is 0.0498 e. The lowest BCUT2D eigenvalue weighted by molar-refractivity contribution is 0.494. The van der Waals surface area contributed by atoms with E-state index in [4.69, 9.17) is 0 Å². The van der Waals surface area contributed by atoms with Gasteiger partial charge in [-0.2, -0.15) is 0 Å². The van der Waals surface area contributed by atoms with E-state index in [1.54, 1.807) is 0 Å². The van der Waals surface area contributed by atoms with Crippen LogP contribution < -0.4 is 4.90 Å². The second-order valence-corrected chi connectivity index (χ2v) is 6.85. The lowest BCUT2D eigenvalue weighted by Crippen LogP contribution is -2.31. The average molecular weight is 290 g/mol. The van der Waals surface area contributed by atoms with Gasteiger partial charge in [-0.1, -0.05) is 56.3 Å². The topological polar surface area (TPSA) is 3.24 Å². The second-order valence-electron chi connectivity index (χ2n) is 6.85. The molecule has 0 saturated carbocycles. The number of fused-ring (bicyclic) bond motifs is 1. The van der Waals surface area contributed by atoms with Gasteiger partial charge in [-0.05, 0) is 53.2 Å². The standard InChI is InChI=1S/C21H24N/c1-16(14-17-8-6-5-7-9-17)18-10-11-20-19(15-18)21(2,3)12-13-22(20)4/h5-11,13-15H,12H2,1-4H3/b16-14+. The Bertz CT molecular complexity index is 695. The molecular formula is C21H24N. The zero-order chi connectivity index (χ0) is 15.7. The molecule has 1 heterocycles. The number of benzene rings is 2. The molecule has 1 heteroatoms. The maximum atomic E-state index is 2.37. The minimum atomic E-state index is 0.199. The van der Waals surface area contributed by atoms with E-state index < -0.39 is 0 Å². The lowest BCUT2D eigenvalue weighted by Gasteiger charge is -2.38. The first-order valence-corrected chi connectivity index (χ1v) is 7.92. The summed E-state index contributed by atoms with van der Waals surface area (Å²) in [7, 11) is 2.14. The van der Waals surface area contributed by atoms with Crippen molar-refractivity contribution >= 4 is 17.3 Å². The summed E-state index contributed by atoms with van der Waals surface area (Å²) in [6.07, 6.45) is 3.34. The van der Waals surface area contributed by atoms with Crippen molar-refractivity contribution in [3.05, 3.63) is 71.8 Å². The highest BCUT2D eigenvalue weighted by molar-refractivity contribution is 5.81. The molecule has 3 rings (SSSR count). The van der Waals surface area contributed by atoms with Gasteiger partial charge in [0.05, 0.1) is 0 Å². The predicted octanol–water partition coefficient (Wildman–Crippen LogP) is 5.53. The monoisotopic (exact) mass is 290 g/mol. The smallest absolute Gasteiger partial charge is 0.0498 e. The van der Waals surface area contributed by atoms with Gasteiger partial charge < -0.3 is 4.90 Å². The third-order valence-electron chi connectivity index (χ3n) is 4.62. The average Bonchev–Trinajstić information content (AvgIpc) is 2.52. The van der Waals surface area contributed by atoms with Crippen LogP contribution in [0.4, 0.5) is 5.69 Å². The van der Waals surface area contributed by atoms with E-state index in [9.17, 15) is 0 Å². The Morgan fingerprint density at radius 3 is 2.55 bits per heavy atom. The van der Waals surface area contributed by atoms with Crippen LogP contribution in [0.5, 0.6) is 0 Å². The molecule has 0 amide bonds. The number of anilines is 1. The Morgan fingerprint density at radius 1 is 1.09 bits per heavy atom. The normalized spacial score (nSPS) is 17.3. The Kier molecular flexibility index (Phi) is 3.82. The van der Waals surface area contributed by atoms with Crippen LogP contribution in [0.2, 0.25) is 0 Å². The summed E-state index contributed by atoms with van der Waals surface area (Å²) in [6, 6.07) is 17.4. The van der Waals surface area contributed by atoms with E-state index in [-0.39, 0.29) is 5.41 Å². The molecule has 0 unspecified atom stereocenters. The number of allylic oxidation sites excluding steroid dienone is 1. The number of hydrogen-bond acceptors (Lipinski definition) is 1. The molecule has 0 N–H and O–H groups in total. The second kappa shape index (κ2) is 5.64. The molecule has 0 saturated heterocycles. The zero-order valence-corrected chi connectivity index (χ0v) is 13.9. The van der Waals surface area contributed by atoms with Gasteiger partial charge in [-0.15, -0.1) is 0 Å². The molecule has 1 nitrogen and oxygen atoms in total. The molecule has 0 fully saturated rings. The van der Waals surface area contributed by atoms with Crippen LogP contribution in [0, 0.1) is 6.54 Å². The van der Waals surface area contributed by atoms with E-state index in [0.717, 1.165) is 6.42 Å². The molecule has 1 aliphatic rings. The minimum absolute atomic E-state index is 0.199. The molecule has 2 aromatic carbocycles. The Balaban J connectivity index is 2.01. The highest BCUT2D eigenvalue weighted by Crippen LogP contribution is 2.41. The van der Waals surface area contributed by atoms with Crippen molar-refractivity contribution in [3.63, 3.8) is 0 Å². The van der Waals surface area contributed by atoms with Crippen LogP contribution in [0.15, 0.2) is 48.5 Å². The lowest BCUT2D eigenvalue weighted by atomic mass is 9.77. The summed E-state index contributed by atoms with van der Waals surface area (Å²) in [6.45, 7) is 9.14. The van der Waals surface area contributed by atoms with Crippen molar-refractivity contribution < 1.29 is 0 Å². The van der Waals surface area contributed by atoms with Gasteiger partial charge in [0.15, 0.2) is 0 Å². The molecule has 2 aromatic rings. The van der Waals surface area contributed by atoms with Crippen molar-refractivity contribution in [1.82, 2.24) is 0 Å². The first-order chi connectivity index (χ1) is 10.5. The van der Waals surface area contributed by atoms with Gasteiger partial charge in [-0.3, -0.25) is 0 Å². The van der Waals surface area contributed by atoms with Gasteiger partial charge in [0.1, 0.15) is 0 Å². The first-order valence-electron chi connectivity index (χ1n) is 7.92. The largest absolute Gasteiger partial charge is 0.369 e. The molecule has 0 bridgehead atoms. The van der Waals surface area contributed by atoms with Gasteiger partial charge >= 0.3 is 0 Å². The minimum Gasteiger partial charge on any atom is -0.369 e. The fourth-order valence-electron chi connectivity index (χ4n) is 3.09. The molecule has 0 aliphatic carbocycles. The molecule has 0 spiro atoms. The number of nitrogens with zero attached hydrogens (tertiary/aromatic N) is 1. The number of rotatable bonds is 2.